The molecule has 1 rings (SSSR count). The van der Waals surface area contributed by atoms with Gasteiger partial charge in [-0.2, -0.15) is 0 Å². The smallest absolute Gasteiger partial charge is 0.265 e. The second-order valence-corrected chi connectivity index (χ2v) is 5.85. The summed E-state index contributed by atoms with van der Waals surface area (Å²) in [7, 11) is 1.56. The van der Waals surface area contributed by atoms with Crippen LogP contribution in [0.15, 0.2) is 6.07 Å². The standard InChI is InChI=1S/C13H21NO3S/c1-8(2)10(5-6-15)14-13(16)12-11(17-4)7-9(3)18-12/h7-8,10,15H,5-6H2,1-4H3,(H,14,16). The van der Waals surface area contributed by atoms with E-state index in [-0.39, 0.29) is 24.5 Å². The second kappa shape index (κ2) is 6.75. The lowest BCUT2D eigenvalue weighted by Crippen LogP contribution is -2.39. The molecule has 1 aromatic heterocycles. The summed E-state index contributed by atoms with van der Waals surface area (Å²) >= 11 is 1.42. The van der Waals surface area contributed by atoms with Crippen molar-refractivity contribution in [3.05, 3.63) is 15.8 Å². The van der Waals surface area contributed by atoms with Crippen LogP contribution >= 0.6 is 11.3 Å². The SMILES string of the molecule is COc1cc(C)sc1C(=O)NC(CCO)C(C)C. The zero-order valence-corrected chi connectivity index (χ0v) is 12.1. The van der Waals surface area contributed by atoms with E-state index in [0.717, 1.165) is 4.88 Å². The average Bonchev–Trinajstić information content (AvgIpc) is 2.69. The Balaban J connectivity index is 2.79. The number of ether oxygens (including phenoxy) is 1. The van der Waals surface area contributed by atoms with Gasteiger partial charge in [0.1, 0.15) is 10.6 Å². The van der Waals surface area contributed by atoms with Crippen molar-refractivity contribution >= 4 is 17.2 Å². The second-order valence-electron chi connectivity index (χ2n) is 4.59. The van der Waals surface area contributed by atoms with Crippen LogP contribution in [0, 0.1) is 12.8 Å². The van der Waals surface area contributed by atoms with Crippen molar-refractivity contribution in [1.29, 1.82) is 0 Å². The highest BCUT2D eigenvalue weighted by Crippen LogP contribution is 2.28. The summed E-state index contributed by atoms with van der Waals surface area (Å²) in [4.78, 5) is 13.8. The van der Waals surface area contributed by atoms with Crippen LogP contribution < -0.4 is 10.1 Å². The van der Waals surface area contributed by atoms with E-state index in [2.05, 4.69) is 5.32 Å². The minimum absolute atomic E-state index is 0.0189. The van der Waals surface area contributed by atoms with E-state index in [1.165, 1.54) is 11.3 Å². The van der Waals surface area contributed by atoms with Gasteiger partial charge in [0.2, 0.25) is 0 Å². The molecule has 0 spiro atoms. The molecule has 0 saturated carbocycles. The monoisotopic (exact) mass is 271 g/mol. The van der Waals surface area contributed by atoms with E-state index in [4.69, 9.17) is 9.84 Å². The van der Waals surface area contributed by atoms with E-state index in [1.54, 1.807) is 7.11 Å². The van der Waals surface area contributed by atoms with Gasteiger partial charge in [-0.25, -0.2) is 0 Å². The summed E-state index contributed by atoms with van der Waals surface area (Å²) in [5.41, 5.74) is 0. The van der Waals surface area contributed by atoms with Crippen LogP contribution in [0.25, 0.3) is 0 Å². The van der Waals surface area contributed by atoms with Crippen molar-refractivity contribution in [3.8, 4) is 5.75 Å². The van der Waals surface area contributed by atoms with Gasteiger partial charge in [0.15, 0.2) is 0 Å². The van der Waals surface area contributed by atoms with Gasteiger partial charge in [-0.1, -0.05) is 13.8 Å². The van der Waals surface area contributed by atoms with Crippen LogP contribution in [-0.4, -0.2) is 30.8 Å². The first-order valence-corrected chi connectivity index (χ1v) is 6.87. The van der Waals surface area contributed by atoms with Crippen molar-refractivity contribution in [3.63, 3.8) is 0 Å². The van der Waals surface area contributed by atoms with Gasteiger partial charge < -0.3 is 15.2 Å². The molecule has 0 fully saturated rings. The minimum Gasteiger partial charge on any atom is -0.495 e. The topological polar surface area (TPSA) is 58.6 Å². The van der Waals surface area contributed by atoms with Crippen molar-refractivity contribution in [2.24, 2.45) is 5.92 Å². The zero-order valence-electron chi connectivity index (χ0n) is 11.3. The predicted molar refractivity (Wildman–Crippen MR) is 73.4 cm³/mol. The average molecular weight is 271 g/mol. The normalized spacial score (nSPS) is 12.6. The lowest BCUT2D eigenvalue weighted by Gasteiger charge is -2.21. The van der Waals surface area contributed by atoms with E-state index in [9.17, 15) is 4.79 Å². The van der Waals surface area contributed by atoms with Gasteiger partial charge in [-0.15, -0.1) is 11.3 Å². The first kappa shape index (κ1) is 15.0. The molecular weight excluding hydrogens is 250 g/mol. The summed E-state index contributed by atoms with van der Waals surface area (Å²) in [6, 6.07) is 1.84. The number of carbonyl (C=O) groups excluding carboxylic acids is 1. The molecule has 0 radical (unpaired) electrons. The summed E-state index contributed by atoms with van der Waals surface area (Å²) in [5.74, 6) is 0.770. The number of hydrogen-bond acceptors (Lipinski definition) is 4. The van der Waals surface area contributed by atoms with Crippen LogP contribution in [0.2, 0.25) is 0 Å². The van der Waals surface area contributed by atoms with Gasteiger partial charge in [-0.05, 0) is 25.3 Å². The third kappa shape index (κ3) is 3.71. The van der Waals surface area contributed by atoms with Crippen molar-refractivity contribution < 1.29 is 14.6 Å². The highest BCUT2D eigenvalue weighted by molar-refractivity contribution is 7.14. The molecule has 18 heavy (non-hydrogen) atoms. The van der Waals surface area contributed by atoms with Crippen LogP contribution in [0.1, 0.15) is 34.8 Å². The number of carbonyl (C=O) groups is 1. The fraction of sp³-hybridized carbons (Fsp3) is 0.615. The Morgan fingerprint density at radius 3 is 2.72 bits per heavy atom. The van der Waals surface area contributed by atoms with Gasteiger partial charge in [-0.3, -0.25) is 4.79 Å². The molecule has 1 atom stereocenters. The van der Waals surface area contributed by atoms with E-state index in [0.29, 0.717) is 17.0 Å². The number of thiophene rings is 1. The molecule has 4 nitrogen and oxygen atoms in total. The number of amides is 1. The summed E-state index contributed by atoms with van der Waals surface area (Å²) in [6.07, 6.45) is 0.566. The number of methoxy groups -OCH3 is 1. The molecule has 5 heteroatoms. The Morgan fingerprint density at radius 2 is 2.22 bits per heavy atom. The van der Waals surface area contributed by atoms with Crippen molar-refractivity contribution in [1.82, 2.24) is 5.32 Å². The Kier molecular flexibility index (Phi) is 5.62. The lowest BCUT2D eigenvalue weighted by molar-refractivity contribution is 0.0918. The molecule has 1 heterocycles. The summed E-state index contributed by atoms with van der Waals surface area (Å²) < 4.78 is 5.19. The van der Waals surface area contributed by atoms with Gasteiger partial charge in [0.05, 0.1) is 7.11 Å². The minimum atomic E-state index is -0.128. The Bertz CT molecular complexity index is 401. The van der Waals surface area contributed by atoms with Crippen LogP contribution in [0.4, 0.5) is 0 Å². The fourth-order valence-electron chi connectivity index (χ4n) is 1.75. The lowest BCUT2D eigenvalue weighted by atomic mass is 10.0. The first-order valence-electron chi connectivity index (χ1n) is 6.05. The molecule has 1 amide bonds. The van der Waals surface area contributed by atoms with Crippen LogP contribution in [-0.2, 0) is 0 Å². The molecule has 0 bridgehead atoms. The molecule has 2 N–H and O–H groups in total. The highest BCUT2D eigenvalue weighted by atomic mass is 32.1. The number of rotatable bonds is 6. The quantitative estimate of drug-likeness (QED) is 0.834. The molecule has 0 aromatic carbocycles. The Labute approximate surface area is 112 Å². The maximum Gasteiger partial charge on any atom is 0.265 e. The van der Waals surface area contributed by atoms with E-state index >= 15 is 0 Å². The van der Waals surface area contributed by atoms with Crippen molar-refractivity contribution in [2.75, 3.05) is 13.7 Å². The number of aliphatic hydroxyl groups excluding tert-OH is 1. The Morgan fingerprint density at radius 1 is 1.56 bits per heavy atom. The first-order chi connectivity index (χ1) is 8.49. The maximum atomic E-state index is 12.2. The molecule has 102 valence electrons. The summed E-state index contributed by atoms with van der Waals surface area (Å²) in [5, 5.41) is 12.0. The maximum absolute atomic E-state index is 12.2. The van der Waals surface area contributed by atoms with Gasteiger partial charge in [0.25, 0.3) is 5.91 Å². The molecular formula is C13H21NO3S. The molecule has 0 aliphatic carbocycles. The van der Waals surface area contributed by atoms with Crippen molar-refractivity contribution in [2.45, 2.75) is 33.2 Å². The van der Waals surface area contributed by atoms with E-state index in [1.807, 2.05) is 26.8 Å². The molecule has 1 unspecified atom stereocenters. The fourth-order valence-corrected chi connectivity index (χ4v) is 2.63. The third-order valence-corrected chi connectivity index (χ3v) is 3.84. The van der Waals surface area contributed by atoms with E-state index < -0.39 is 0 Å². The number of aryl methyl sites for hydroxylation is 1. The van der Waals surface area contributed by atoms with Gasteiger partial charge in [0, 0.05) is 17.5 Å². The third-order valence-electron chi connectivity index (χ3n) is 2.81. The van der Waals surface area contributed by atoms with Gasteiger partial charge >= 0.3 is 0 Å². The molecule has 1 aromatic rings. The number of nitrogens with one attached hydrogen (secondary N) is 1. The molecule has 0 saturated heterocycles. The van der Waals surface area contributed by atoms with Crippen LogP contribution in [0.3, 0.4) is 0 Å². The number of aliphatic hydroxyl groups is 1. The predicted octanol–water partition coefficient (Wildman–Crippen LogP) is 2.20. The molecule has 0 aliphatic rings. The van der Waals surface area contributed by atoms with Crippen LogP contribution in [0.5, 0.6) is 5.75 Å². The Hall–Kier alpha value is -1.07. The number of hydrogen-bond donors (Lipinski definition) is 2. The highest BCUT2D eigenvalue weighted by Gasteiger charge is 2.21. The summed E-state index contributed by atoms with van der Waals surface area (Å²) in [6.45, 7) is 6.07. The largest absolute Gasteiger partial charge is 0.495 e. The zero-order chi connectivity index (χ0) is 13.7. The molecule has 0 aliphatic heterocycles.